The monoisotopic (exact) mass is 340 g/mol. The van der Waals surface area contributed by atoms with Gasteiger partial charge in [-0.15, -0.1) is 0 Å². The van der Waals surface area contributed by atoms with Crippen molar-refractivity contribution in [1.29, 1.82) is 0 Å². The molecule has 0 saturated carbocycles. The van der Waals surface area contributed by atoms with Crippen LogP contribution in [0, 0.1) is 0 Å². The van der Waals surface area contributed by atoms with Crippen molar-refractivity contribution < 1.29 is 0 Å². The third-order valence-corrected chi connectivity index (χ3v) is 4.21. The molecule has 1 heterocycles. The van der Waals surface area contributed by atoms with Crippen molar-refractivity contribution in [1.82, 2.24) is 10.3 Å². The molecule has 0 aliphatic rings. The summed E-state index contributed by atoms with van der Waals surface area (Å²) in [4.78, 5) is 4.56. The van der Waals surface area contributed by atoms with E-state index in [2.05, 4.69) is 74.8 Å². The summed E-state index contributed by atoms with van der Waals surface area (Å²) in [6, 6.07) is 19.2. The van der Waals surface area contributed by atoms with Crippen LogP contribution in [0.3, 0.4) is 0 Å². The number of benzene rings is 2. The number of rotatable bonds is 4. The molecule has 2 aromatic carbocycles. The molecule has 2 nitrogen and oxygen atoms in total. The van der Waals surface area contributed by atoms with Gasteiger partial charge in [0.15, 0.2) is 0 Å². The van der Waals surface area contributed by atoms with Gasteiger partial charge in [0.2, 0.25) is 0 Å². The van der Waals surface area contributed by atoms with Crippen LogP contribution in [0.1, 0.15) is 17.2 Å². The minimum Gasteiger partial charge on any atom is -0.313 e. The summed E-state index contributed by atoms with van der Waals surface area (Å²) in [5.41, 5.74) is 3.63. The molecule has 21 heavy (non-hydrogen) atoms. The summed E-state index contributed by atoms with van der Waals surface area (Å²) in [6.07, 6.45) is 2.79. The molecule has 0 bridgehead atoms. The molecule has 0 amide bonds. The summed E-state index contributed by atoms with van der Waals surface area (Å²) in [5.74, 6) is 0. The number of nitrogens with one attached hydrogen (secondary N) is 1. The van der Waals surface area contributed by atoms with Gasteiger partial charge in [-0.25, -0.2) is 0 Å². The van der Waals surface area contributed by atoms with Gasteiger partial charge in [0.1, 0.15) is 0 Å². The maximum atomic E-state index is 4.56. The summed E-state index contributed by atoms with van der Waals surface area (Å²) < 4.78 is 1.12. The van der Waals surface area contributed by atoms with Crippen LogP contribution in [-0.2, 0) is 6.42 Å². The van der Waals surface area contributed by atoms with Crippen molar-refractivity contribution in [3.8, 4) is 0 Å². The van der Waals surface area contributed by atoms with Gasteiger partial charge in [0.05, 0.1) is 5.52 Å². The second-order valence-electron chi connectivity index (χ2n) is 5.10. The molecule has 1 N–H and O–H groups in total. The number of nitrogens with zero attached hydrogens (tertiary/aromatic N) is 1. The van der Waals surface area contributed by atoms with Crippen LogP contribution in [-0.4, -0.2) is 12.0 Å². The van der Waals surface area contributed by atoms with Gasteiger partial charge >= 0.3 is 0 Å². The Kier molecular flexibility index (Phi) is 4.32. The first-order chi connectivity index (χ1) is 10.3. The van der Waals surface area contributed by atoms with E-state index in [1.54, 1.807) is 0 Å². The normalized spacial score (nSPS) is 12.5. The van der Waals surface area contributed by atoms with Crippen molar-refractivity contribution in [3.05, 3.63) is 76.4 Å². The average molecular weight is 341 g/mol. The van der Waals surface area contributed by atoms with Crippen LogP contribution in [0.2, 0.25) is 0 Å². The maximum absolute atomic E-state index is 4.56. The molecular weight excluding hydrogens is 324 g/mol. The standard InChI is InChI=1S/C18H17BrN2/c1-20-17(12-13-5-2-8-15(19)11-13)16-9-3-6-14-7-4-10-21-18(14)16/h2-11,17,20H,12H2,1H3. The SMILES string of the molecule is CNC(Cc1cccc(Br)c1)c1cccc2cccnc12. The molecule has 0 aliphatic heterocycles. The van der Waals surface area contributed by atoms with Crippen molar-refractivity contribution in [2.75, 3.05) is 7.05 Å². The smallest absolute Gasteiger partial charge is 0.0749 e. The Balaban J connectivity index is 1.98. The van der Waals surface area contributed by atoms with E-state index in [9.17, 15) is 0 Å². The van der Waals surface area contributed by atoms with E-state index in [4.69, 9.17) is 0 Å². The third-order valence-electron chi connectivity index (χ3n) is 3.72. The van der Waals surface area contributed by atoms with E-state index in [-0.39, 0.29) is 6.04 Å². The lowest BCUT2D eigenvalue weighted by molar-refractivity contribution is 0.595. The molecule has 0 aliphatic carbocycles. The van der Waals surface area contributed by atoms with Gasteiger partial charge in [-0.3, -0.25) is 4.98 Å². The van der Waals surface area contributed by atoms with E-state index < -0.39 is 0 Å². The average Bonchev–Trinajstić information content (AvgIpc) is 2.52. The fraction of sp³-hybridized carbons (Fsp3) is 0.167. The molecule has 0 spiro atoms. The highest BCUT2D eigenvalue weighted by atomic mass is 79.9. The summed E-state index contributed by atoms with van der Waals surface area (Å²) in [5, 5.41) is 4.61. The predicted molar refractivity (Wildman–Crippen MR) is 91.4 cm³/mol. The Morgan fingerprint density at radius 3 is 2.71 bits per heavy atom. The molecule has 0 fully saturated rings. The topological polar surface area (TPSA) is 24.9 Å². The molecule has 1 unspecified atom stereocenters. The lowest BCUT2D eigenvalue weighted by Crippen LogP contribution is -2.19. The van der Waals surface area contributed by atoms with Crippen LogP contribution in [0.15, 0.2) is 65.3 Å². The quantitative estimate of drug-likeness (QED) is 0.756. The van der Waals surface area contributed by atoms with E-state index in [1.165, 1.54) is 16.5 Å². The highest BCUT2D eigenvalue weighted by Gasteiger charge is 2.14. The summed E-state index contributed by atoms with van der Waals surface area (Å²) in [6.45, 7) is 0. The Morgan fingerprint density at radius 1 is 1.10 bits per heavy atom. The van der Waals surface area contributed by atoms with Crippen molar-refractivity contribution in [3.63, 3.8) is 0 Å². The minimum absolute atomic E-state index is 0.248. The number of para-hydroxylation sites is 1. The zero-order valence-corrected chi connectivity index (χ0v) is 13.5. The molecule has 3 heteroatoms. The fourth-order valence-electron chi connectivity index (χ4n) is 2.68. The van der Waals surface area contributed by atoms with Crippen LogP contribution >= 0.6 is 15.9 Å². The number of likely N-dealkylation sites (N-methyl/N-ethyl adjacent to an activating group) is 1. The van der Waals surface area contributed by atoms with Gasteiger partial charge in [-0.05, 0) is 42.8 Å². The molecular formula is C18H17BrN2. The van der Waals surface area contributed by atoms with E-state index in [1.807, 2.05) is 19.3 Å². The first-order valence-electron chi connectivity index (χ1n) is 7.03. The highest BCUT2D eigenvalue weighted by molar-refractivity contribution is 9.10. The second-order valence-corrected chi connectivity index (χ2v) is 6.01. The van der Waals surface area contributed by atoms with Crippen molar-refractivity contribution in [2.24, 2.45) is 0 Å². The zero-order chi connectivity index (χ0) is 14.7. The van der Waals surface area contributed by atoms with Gasteiger partial charge in [-0.1, -0.05) is 52.3 Å². The van der Waals surface area contributed by atoms with Gasteiger partial charge in [0.25, 0.3) is 0 Å². The highest BCUT2D eigenvalue weighted by Crippen LogP contribution is 2.25. The lowest BCUT2D eigenvalue weighted by atomic mass is 9.97. The number of pyridine rings is 1. The van der Waals surface area contributed by atoms with Crippen LogP contribution in [0.4, 0.5) is 0 Å². The lowest BCUT2D eigenvalue weighted by Gasteiger charge is -2.18. The van der Waals surface area contributed by atoms with Crippen LogP contribution in [0.25, 0.3) is 10.9 Å². The number of hydrogen-bond acceptors (Lipinski definition) is 2. The van der Waals surface area contributed by atoms with Gasteiger partial charge < -0.3 is 5.32 Å². The summed E-state index contributed by atoms with van der Waals surface area (Å²) in [7, 11) is 2.00. The zero-order valence-electron chi connectivity index (χ0n) is 11.9. The Bertz CT molecular complexity index is 750. The molecule has 1 aromatic heterocycles. The van der Waals surface area contributed by atoms with Crippen LogP contribution < -0.4 is 5.32 Å². The predicted octanol–water partition coefficient (Wildman–Crippen LogP) is 4.50. The fourth-order valence-corrected chi connectivity index (χ4v) is 3.12. The summed E-state index contributed by atoms with van der Waals surface area (Å²) >= 11 is 3.54. The number of hydrogen-bond donors (Lipinski definition) is 1. The third kappa shape index (κ3) is 3.14. The first-order valence-corrected chi connectivity index (χ1v) is 7.82. The molecule has 106 valence electrons. The maximum Gasteiger partial charge on any atom is 0.0749 e. The van der Waals surface area contributed by atoms with E-state index in [0.29, 0.717) is 0 Å². The van der Waals surface area contributed by atoms with E-state index >= 15 is 0 Å². The largest absolute Gasteiger partial charge is 0.313 e. The van der Waals surface area contributed by atoms with Crippen molar-refractivity contribution >= 4 is 26.8 Å². The van der Waals surface area contributed by atoms with E-state index in [0.717, 1.165) is 16.4 Å². The van der Waals surface area contributed by atoms with Crippen molar-refractivity contribution in [2.45, 2.75) is 12.5 Å². The van der Waals surface area contributed by atoms with Gasteiger partial charge in [-0.2, -0.15) is 0 Å². The minimum atomic E-state index is 0.248. The molecule has 1 atom stereocenters. The molecule has 3 rings (SSSR count). The van der Waals surface area contributed by atoms with Gasteiger partial charge in [0, 0.05) is 22.1 Å². The Hall–Kier alpha value is -1.71. The molecule has 0 saturated heterocycles. The van der Waals surface area contributed by atoms with Crippen LogP contribution in [0.5, 0.6) is 0 Å². The first kappa shape index (κ1) is 14.2. The Labute approximate surface area is 133 Å². The second kappa shape index (κ2) is 6.37. The Morgan fingerprint density at radius 2 is 1.90 bits per heavy atom. The number of aromatic nitrogens is 1. The molecule has 0 radical (unpaired) electrons. The number of fused-ring (bicyclic) bond motifs is 1. The number of halogens is 1. The molecule has 3 aromatic rings.